The molecule has 2 amide bonds. The van der Waals surface area contributed by atoms with E-state index < -0.39 is 0 Å². The van der Waals surface area contributed by atoms with E-state index in [9.17, 15) is 4.79 Å². The fraction of sp³-hybridized carbons (Fsp3) is 0.462. The van der Waals surface area contributed by atoms with Crippen molar-refractivity contribution >= 4 is 11.7 Å². The molecule has 4 heteroatoms. The molecule has 0 saturated heterocycles. The summed E-state index contributed by atoms with van der Waals surface area (Å²) >= 11 is 0. The number of hydrogen-bond acceptors (Lipinski definition) is 2. The average Bonchev–Trinajstić information content (AvgIpc) is 2.33. The topological polar surface area (TPSA) is 41.6 Å². The van der Waals surface area contributed by atoms with Gasteiger partial charge in [-0.05, 0) is 19.9 Å². The zero-order valence-electron chi connectivity index (χ0n) is 10.7. The highest BCUT2D eigenvalue weighted by Crippen LogP contribution is 2.16. The summed E-state index contributed by atoms with van der Waals surface area (Å²) in [7, 11) is 1.64. The van der Waals surface area contributed by atoms with Gasteiger partial charge in [0.2, 0.25) is 0 Å². The van der Waals surface area contributed by atoms with Crippen LogP contribution in [0.15, 0.2) is 24.3 Å². The van der Waals surface area contributed by atoms with Crippen LogP contribution in [-0.2, 0) is 11.3 Å². The number of nitrogens with one attached hydrogen (secondary N) is 1. The third-order valence-electron chi connectivity index (χ3n) is 2.61. The van der Waals surface area contributed by atoms with Gasteiger partial charge < -0.3 is 15.0 Å². The first-order valence-corrected chi connectivity index (χ1v) is 5.85. The van der Waals surface area contributed by atoms with E-state index in [2.05, 4.69) is 5.32 Å². The SMILES string of the molecule is CCN(CC)C(=O)Nc1ccccc1COC. The second-order valence-corrected chi connectivity index (χ2v) is 3.69. The maximum atomic E-state index is 11.9. The second-order valence-electron chi connectivity index (χ2n) is 3.69. The highest BCUT2D eigenvalue weighted by molar-refractivity contribution is 5.90. The van der Waals surface area contributed by atoms with Crippen LogP contribution in [0.4, 0.5) is 10.5 Å². The molecule has 4 nitrogen and oxygen atoms in total. The molecule has 17 heavy (non-hydrogen) atoms. The van der Waals surface area contributed by atoms with Gasteiger partial charge in [0.1, 0.15) is 0 Å². The molecule has 0 aliphatic rings. The number of carbonyl (C=O) groups is 1. The molecule has 1 rings (SSSR count). The molecular formula is C13H20N2O2. The van der Waals surface area contributed by atoms with Crippen molar-refractivity contribution in [2.45, 2.75) is 20.5 Å². The van der Waals surface area contributed by atoms with Crippen LogP contribution in [-0.4, -0.2) is 31.1 Å². The van der Waals surface area contributed by atoms with Crippen LogP contribution in [0.1, 0.15) is 19.4 Å². The van der Waals surface area contributed by atoms with Gasteiger partial charge in [0.25, 0.3) is 0 Å². The van der Waals surface area contributed by atoms with Crippen LogP contribution in [0.2, 0.25) is 0 Å². The molecule has 1 aromatic rings. The quantitative estimate of drug-likeness (QED) is 0.854. The van der Waals surface area contributed by atoms with Crippen LogP contribution >= 0.6 is 0 Å². The summed E-state index contributed by atoms with van der Waals surface area (Å²) in [5, 5.41) is 2.90. The van der Waals surface area contributed by atoms with E-state index in [1.165, 1.54) is 0 Å². The highest BCUT2D eigenvalue weighted by atomic mass is 16.5. The van der Waals surface area contributed by atoms with Gasteiger partial charge in [-0.1, -0.05) is 18.2 Å². The van der Waals surface area contributed by atoms with E-state index in [0.29, 0.717) is 19.7 Å². The summed E-state index contributed by atoms with van der Waals surface area (Å²) in [4.78, 5) is 13.6. The number of amides is 2. The Kier molecular flexibility index (Phi) is 5.49. The number of ether oxygens (including phenoxy) is 1. The van der Waals surface area contributed by atoms with Crippen molar-refractivity contribution in [1.82, 2.24) is 4.90 Å². The number of methoxy groups -OCH3 is 1. The van der Waals surface area contributed by atoms with E-state index in [1.807, 2.05) is 38.1 Å². The van der Waals surface area contributed by atoms with Crippen LogP contribution in [0.3, 0.4) is 0 Å². The number of nitrogens with zero attached hydrogens (tertiary/aromatic N) is 1. The summed E-state index contributed by atoms with van der Waals surface area (Å²) in [5.41, 5.74) is 1.79. The second kappa shape index (κ2) is 6.91. The Morgan fingerprint density at radius 3 is 2.53 bits per heavy atom. The van der Waals surface area contributed by atoms with E-state index >= 15 is 0 Å². The first-order valence-electron chi connectivity index (χ1n) is 5.85. The third kappa shape index (κ3) is 3.75. The molecule has 0 unspecified atom stereocenters. The highest BCUT2D eigenvalue weighted by Gasteiger charge is 2.11. The van der Waals surface area contributed by atoms with E-state index in [1.54, 1.807) is 12.0 Å². The number of rotatable bonds is 5. The Hall–Kier alpha value is -1.55. The average molecular weight is 236 g/mol. The lowest BCUT2D eigenvalue weighted by Gasteiger charge is -2.20. The van der Waals surface area contributed by atoms with Gasteiger partial charge in [0.15, 0.2) is 0 Å². The molecule has 0 aliphatic heterocycles. The Bertz CT molecular complexity index is 362. The van der Waals surface area contributed by atoms with Gasteiger partial charge in [-0.3, -0.25) is 0 Å². The third-order valence-corrected chi connectivity index (χ3v) is 2.61. The molecular weight excluding hydrogens is 216 g/mol. The number of hydrogen-bond donors (Lipinski definition) is 1. The summed E-state index contributed by atoms with van der Waals surface area (Å²) in [6.45, 7) is 5.83. The zero-order valence-corrected chi connectivity index (χ0v) is 10.7. The molecule has 0 saturated carbocycles. The number of carbonyl (C=O) groups excluding carboxylic acids is 1. The minimum Gasteiger partial charge on any atom is -0.380 e. The van der Waals surface area contributed by atoms with Crippen molar-refractivity contribution < 1.29 is 9.53 Å². The molecule has 0 atom stereocenters. The monoisotopic (exact) mass is 236 g/mol. The largest absolute Gasteiger partial charge is 0.380 e. The zero-order chi connectivity index (χ0) is 12.7. The lowest BCUT2D eigenvalue weighted by molar-refractivity contribution is 0.185. The minimum atomic E-state index is -0.0708. The molecule has 0 bridgehead atoms. The summed E-state index contributed by atoms with van der Waals surface area (Å²) in [5.74, 6) is 0. The Balaban J connectivity index is 2.76. The summed E-state index contributed by atoms with van der Waals surface area (Å²) in [6.07, 6.45) is 0. The van der Waals surface area contributed by atoms with Crippen molar-refractivity contribution in [2.75, 3.05) is 25.5 Å². The number of urea groups is 1. The lowest BCUT2D eigenvalue weighted by Crippen LogP contribution is -2.34. The van der Waals surface area contributed by atoms with Gasteiger partial charge in [0, 0.05) is 31.5 Å². The molecule has 0 heterocycles. The number of para-hydroxylation sites is 1. The van der Waals surface area contributed by atoms with Crippen LogP contribution < -0.4 is 5.32 Å². The van der Waals surface area contributed by atoms with Crippen molar-refractivity contribution in [3.63, 3.8) is 0 Å². The molecule has 0 spiro atoms. The van der Waals surface area contributed by atoms with Gasteiger partial charge >= 0.3 is 6.03 Å². The van der Waals surface area contributed by atoms with Crippen molar-refractivity contribution in [2.24, 2.45) is 0 Å². The van der Waals surface area contributed by atoms with Gasteiger partial charge in [0.05, 0.1) is 6.61 Å². The minimum absolute atomic E-state index is 0.0708. The molecule has 1 N–H and O–H groups in total. The predicted molar refractivity (Wildman–Crippen MR) is 69.1 cm³/mol. The number of anilines is 1. The van der Waals surface area contributed by atoms with Crippen molar-refractivity contribution in [1.29, 1.82) is 0 Å². The molecule has 0 aliphatic carbocycles. The van der Waals surface area contributed by atoms with E-state index in [0.717, 1.165) is 11.3 Å². The standard InChI is InChI=1S/C13H20N2O2/c1-4-15(5-2)13(16)14-12-9-7-6-8-11(12)10-17-3/h6-9H,4-5,10H2,1-3H3,(H,14,16). The fourth-order valence-electron chi connectivity index (χ4n) is 1.63. The Labute approximate surface area is 103 Å². The maximum absolute atomic E-state index is 11.9. The van der Waals surface area contributed by atoms with Crippen LogP contribution in [0.5, 0.6) is 0 Å². The molecule has 0 aromatic heterocycles. The first kappa shape index (κ1) is 13.5. The van der Waals surface area contributed by atoms with Gasteiger partial charge in [-0.2, -0.15) is 0 Å². The van der Waals surface area contributed by atoms with Crippen LogP contribution in [0, 0.1) is 0 Å². The smallest absolute Gasteiger partial charge is 0.321 e. The predicted octanol–water partition coefficient (Wildman–Crippen LogP) is 2.71. The van der Waals surface area contributed by atoms with E-state index in [4.69, 9.17) is 4.74 Å². The van der Waals surface area contributed by atoms with E-state index in [-0.39, 0.29) is 6.03 Å². The normalized spacial score (nSPS) is 10.1. The maximum Gasteiger partial charge on any atom is 0.321 e. The molecule has 0 fully saturated rings. The molecule has 1 aromatic carbocycles. The fourth-order valence-corrected chi connectivity index (χ4v) is 1.63. The molecule has 94 valence electrons. The van der Waals surface area contributed by atoms with Gasteiger partial charge in [-0.15, -0.1) is 0 Å². The lowest BCUT2D eigenvalue weighted by atomic mass is 10.2. The summed E-state index contributed by atoms with van der Waals surface area (Å²) < 4.78 is 5.10. The molecule has 0 radical (unpaired) electrons. The van der Waals surface area contributed by atoms with Crippen molar-refractivity contribution in [3.05, 3.63) is 29.8 Å². The summed E-state index contributed by atoms with van der Waals surface area (Å²) in [6, 6.07) is 7.59. The Morgan fingerprint density at radius 2 is 1.94 bits per heavy atom. The van der Waals surface area contributed by atoms with Crippen LogP contribution in [0.25, 0.3) is 0 Å². The first-order chi connectivity index (χ1) is 8.22. The van der Waals surface area contributed by atoms with Crippen molar-refractivity contribution in [3.8, 4) is 0 Å². The Morgan fingerprint density at radius 1 is 1.29 bits per heavy atom. The number of benzene rings is 1. The van der Waals surface area contributed by atoms with Gasteiger partial charge in [-0.25, -0.2) is 4.79 Å².